The van der Waals surface area contributed by atoms with Gasteiger partial charge in [0.2, 0.25) is 11.8 Å². The Morgan fingerprint density at radius 2 is 1.86 bits per heavy atom. The molecule has 42 heavy (non-hydrogen) atoms. The summed E-state index contributed by atoms with van der Waals surface area (Å²) in [5, 5.41) is 10.1. The molecule has 2 aromatic rings. The fourth-order valence-corrected chi connectivity index (χ4v) is 9.66. The van der Waals surface area contributed by atoms with Crippen LogP contribution in [0.3, 0.4) is 0 Å². The maximum Gasteiger partial charge on any atom is 0.251 e. The lowest BCUT2D eigenvalue weighted by atomic mass is 9.70. The number of nitrogens with zero attached hydrogens (tertiary/aromatic N) is 3. The van der Waals surface area contributed by atoms with Crippen molar-refractivity contribution in [1.29, 1.82) is 0 Å². The van der Waals surface area contributed by atoms with Gasteiger partial charge in [0.15, 0.2) is 0 Å². The molecular formula is C33H38ClN3O4S. The van der Waals surface area contributed by atoms with Gasteiger partial charge in [0.05, 0.1) is 27.3 Å². The number of carbonyl (C=O) groups excluding carboxylic acids is 3. The topological polar surface area (TPSA) is 81.2 Å². The fourth-order valence-electron chi connectivity index (χ4n) is 7.13. The molecule has 3 fully saturated rings. The van der Waals surface area contributed by atoms with E-state index in [0.29, 0.717) is 36.6 Å². The Balaban J connectivity index is 1.54. The van der Waals surface area contributed by atoms with Crippen LogP contribution in [-0.4, -0.2) is 74.9 Å². The largest absolute Gasteiger partial charge is 0.396 e. The van der Waals surface area contributed by atoms with Crippen molar-refractivity contribution >= 4 is 46.8 Å². The molecule has 222 valence electrons. The van der Waals surface area contributed by atoms with E-state index in [1.165, 1.54) is 0 Å². The first-order valence-corrected chi connectivity index (χ1v) is 15.7. The normalized spacial score (nSPS) is 25.8. The fraction of sp³-hybridized carbons (Fsp3) is 0.424. The van der Waals surface area contributed by atoms with E-state index in [1.807, 2.05) is 49.4 Å². The van der Waals surface area contributed by atoms with Gasteiger partial charge in [-0.25, -0.2) is 0 Å². The van der Waals surface area contributed by atoms with E-state index >= 15 is 0 Å². The maximum absolute atomic E-state index is 14.7. The number of anilines is 1. The minimum absolute atomic E-state index is 0.0558. The summed E-state index contributed by atoms with van der Waals surface area (Å²) in [7, 11) is 0. The molecule has 0 saturated carbocycles. The number of aryl methyl sites for hydroxylation is 1. The predicted octanol–water partition coefficient (Wildman–Crippen LogP) is 4.86. The first kappa shape index (κ1) is 30.4. The van der Waals surface area contributed by atoms with Crippen LogP contribution in [0.4, 0.5) is 5.69 Å². The quantitative estimate of drug-likeness (QED) is 0.349. The number of hydrogen-bond donors (Lipinski definition) is 1. The number of para-hydroxylation sites is 1. The Kier molecular flexibility index (Phi) is 9.16. The van der Waals surface area contributed by atoms with Crippen molar-refractivity contribution in [3.63, 3.8) is 0 Å². The summed E-state index contributed by atoms with van der Waals surface area (Å²) in [6.45, 7) is 10.8. The molecule has 1 spiro atoms. The van der Waals surface area contributed by atoms with Crippen molar-refractivity contribution < 1.29 is 19.5 Å². The van der Waals surface area contributed by atoms with Gasteiger partial charge >= 0.3 is 0 Å². The second-order valence-corrected chi connectivity index (χ2v) is 13.3. The van der Waals surface area contributed by atoms with Crippen LogP contribution >= 0.6 is 23.4 Å². The van der Waals surface area contributed by atoms with E-state index < -0.39 is 22.6 Å². The van der Waals surface area contributed by atoms with E-state index in [4.69, 9.17) is 11.6 Å². The highest BCUT2D eigenvalue weighted by molar-refractivity contribution is 8.02. The summed E-state index contributed by atoms with van der Waals surface area (Å²) in [5.41, 5.74) is 2.45. The van der Waals surface area contributed by atoms with Gasteiger partial charge in [-0.2, -0.15) is 0 Å². The summed E-state index contributed by atoms with van der Waals surface area (Å²) in [6.07, 6.45) is 5.13. The molecule has 9 heteroatoms. The van der Waals surface area contributed by atoms with Gasteiger partial charge in [0.1, 0.15) is 6.04 Å². The second-order valence-electron chi connectivity index (χ2n) is 11.3. The van der Waals surface area contributed by atoms with Crippen molar-refractivity contribution in [1.82, 2.24) is 9.80 Å². The van der Waals surface area contributed by atoms with E-state index in [0.717, 1.165) is 17.5 Å². The Hall–Kier alpha value is -3.07. The molecule has 5 rings (SSSR count). The first-order chi connectivity index (χ1) is 20.3. The van der Waals surface area contributed by atoms with E-state index in [2.05, 4.69) is 13.2 Å². The first-order valence-electron chi connectivity index (χ1n) is 14.5. The number of aliphatic hydroxyl groups is 1. The molecule has 2 unspecified atom stereocenters. The average molecular weight is 608 g/mol. The molecule has 2 bridgehead atoms. The SMILES string of the molecule is C=CCN(Cc1ccccc1)C(=O)[C@@H]1[C@@H]2CCC3(S2)C(C(=O)N(CC=C)c2c(C)cccc2Cl)N(CCCO)C(=O)[C@H]13. The number of aliphatic hydroxyl groups excluding tert-OH is 1. The van der Waals surface area contributed by atoms with Crippen LogP contribution in [0, 0.1) is 18.8 Å². The van der Waals surface area contributed by atoms with Gasteiger partial charge < -0.3 is 19.8 Å². The Morgan fingerprint density at radius 3 is 2.52 bits per heavy atom. The van der Waals surface area contributed by atoms with Crippen LogP contribution < -0.4 is 4.90 Å². The van der Waals surface area contributed by atoms with Crippen molar-refractivity contribution in [2.45, 2.75) is 48.8 Å². The van der Waals surface area contributed by atoms with Crippen LogP contribution in [0.1, 0.15) is 30.4 Å². The van der Waals surface area contributed by atoms with Crippen molar-refractivity contribution in [2.75, 3.05) is 31.1 Å². The predicted molar refractivity (Wildman–Crippen MR) is 168 cm³/mol. The molecular weight excluding hydrogens is 570 g/mol. The summed E-state index contributed by atoms with van der Waals surface area (Å²) in [6, 6.07) is 14.5. The number of thioether (sulfide) groups is 1. The van der Waals surface area contributed by atoms with Gasteiger partial charge in [-0.15, -0.1) is 24.9 Å². The summed E-state index contributed by atoms with van der Waals surface area (Å²) in [5.74, 6) is -1.64. The van der Waals surface area contributed by atoms with Gasteiger partial charge in [-0.05, 0) is 43.4 Å². The molecule has 5 atom stereocenters. The van der Waals surface area contributed by atoms with Crippen LogP contribution in [0.15, 0.2) is 73.8 Å². The van der Waals surface area contributed by atoms with E-state index in [1.54, 1.807) is 44.7 Å². The zero-order valence-corrected chi connectivity index (χ0v) is 25.5. The van der Waals surface area contributed by atoms with Crippen molar-refractivity contribution in [3.8, 4) is 0 Å². The molecule has 0 radical (unpaired) electrons. The summed E-state index contributed by atoms with van der Waals surface area (Å²) >= 11 is 8.28. The Bertz CT molecular complexity index is 1350. The summed E-state index contributed by atoms with van der Waals surface area (Å²) in [4.78, 5) is 48.3. The van der Waals surface area contributed by atoms with Crippen molar-refractivity contribution in [2.24, 2.45) is 11.8 Å². The van der Waals surface area contributed by atoms with Gasteiger partial charge in [-0.1, -0.05) is 66.2 Å². The number of fused-ring (bicyclic) bond motifs is 1. The van der Waals surface area contributed by atoms with Gasteiger partial charge in [0, 0.05) is 38.0 Å². The molecule has 2 aromatic carbocycles. The lowest BCUT2D eigenvalue weighted by molar-refractivity contribution is -0.144. The smallest absolute Gasteiger partial charge is 0.251 e. The van der Waals surface area contributed by atoms with Gasteiger partial charge in [0.25, 0.3) is 5.91 Å². The molecule has 7 nitrogen and oxygen atoms in total. The highest BCUT2D eigenvalue weighted by atomic mass is 35.5. The van der Waals surface area contributed by atoms with Crippen LogP contribution in [-0.2, 0) is 20.9 Å². The third-order valence-corrected chi connectivity index (χ3v) is 11.0. The standard InChI is InChI=1S/C33H38ClN3O4S/c1-4-17-35(21-23-12-7-6-8-13-23)30(39)26-25-15-16-33(42-25)27(26)31(40)37(19-10-20-38)29(33)32(41)36(18-5-2)28-22(3)11-9-14-24(28)34/h4-9,11-14,25-27,29,38H,1-2,10,15-21H2,3H3/t25-,26+,27-,29?,33?/m0/s1. The highest BCUT2D eigenvalue weighted by Crippen LogP contribution is 2.66. The molecule has 3 amide bonds. The zero-order chi connectivity index (χ0) is 30.0. The Labute approximate surface area is 257 Å². The molecule has 1 N–H and O–H groups in total. The van der Waals surface area contributed by atoms with Crippen LogP contribution in [0.25, 0.3) is 0 Å². The van der Waals surface area contributed by atoms with Crippen molar-refractivity contribution in [3.05, 3.63) is 90.0 Å². The number of halogens is 1. The minimum Gasteiger partial charge on any atom is -0.396 e. The molecule has 3 aliphatic heterocycles. The molecule has 3 heterocycles. The van der Waals surface area contributed by atoms with E-state index in [-0.39, 0.29) is 42.7 Å². The second kappa shape index (κ2) is 12.7. The third-order valence-electron chi connectivity index (χ3n) is 8.79. The number of carbonyl (C=O) groups is 3. The highest BCUT2D eigenvalue weighted by Gasteiger charge is 2.74. The van der Waals surface area contributed by atoms with Crippen LogP contribution in [0.2, 0.25) is 5.02 Å². The molecule has 3 saturated heterocycles. The number of amides is 3. The third kappa shape index (κ3) is 5.18. The molecule has 0 aliphatic carbocycles. The number of rotatable bonds is 12. The molecule has 0 aromatic heterocycles. The maximum atomic E-state index is 14.7. The average Bonchev–Trinajstić information content (AvgIpc) is 3.62. The lowest BCUT2D eigenvalue weighted by Gasteiger charge is -2.38. The summed E-state index contributed by atoms with van der Waals surface area (Å²) < 4.78 is -0.740. The number of hydrogen-bond acceptors (Lipinski definition) is 5. The number of benzene rings is 2. The lowest BCUT2D eigenvalue weighted by Crippen LogP contribution is -2.55. The minimum atomic E-state index is -0.785. The Morgan fingerprint density at radius 1 is 1.12 bits per heavy atom. The van der Waals surface area contributed by atoms with Crippen LogP contribution in [0.5, 0.6) is 0 Å². The van der Waals surface area contributed by atoms with E-state index in [9.17, 15) is 19.5 Å². The number of likely N-dealkylation sites (tertiary alicyclic amines) is 1. The van der Waals surface area contributed by atoms with Gasteiger partial charge in [-0.3, -0.25) is 14.4 Å². The molecule has 3 aliphatic rings. The zero-order valence-electron chi connectivity index (χ0n) is 24.0. The monoisotopic (exact) mass is 607 g/mol.